The van der Waals surface area contributed by atoms with E-state index in [-0.39, 0.29) is 11.4 Å². The molecule has 0 aromatic heterocycles. The highest BCUT2D eigenvalue weighted by molar-refractivity contribution is 7.90. The van der Waals surface area contributed by atoms with Gasteiger partial charge in [-0.1, -0.05) is 61.9 Å². The van der Waals surface area contributed by atoms with E-state index in [1.807, 2.05) is 96.9 Å². The molecular formula is C42H48N2O7S. The summed E-state index contributed by atoms with van der Waals surface area (Å²) in [4.78, 5) is 15.3. The van der Waals surface area contributed by atoms with Gasteiger partial charge in [0.15, 0.2) is 9.84 Å². The van der Waals surface area contributed by atoms with Crippen molar-refractivity contribution < 1.29 is 32.5 Å². The summed E-state index contributed by atoms with van der Waals surface area (Å²) < 4.78 is 43.0. The first-order valence-electron chi connectivity index (χ1n) is 17.7. The summed E-state index contributed by atoms with van der Waals surface area (Å²) in [6, 6.07) is 34.4. The number of fused-ring (bicyclic) bond motifs is 1. The van der Waals surface area contributed by atoms with Gasteiger partial charge in [-0.2, -0.15) is 0 Å². The van der Waals surface area contributed by atoms with Crippen molar-refractivity contribution in [2.75, 3.05) is 52.6 Å². The van der Waals surface area contributed by atoms with Crippen LogP contribution in [-0.4, -0.2) is 81.9 Å². The minimum Gasteiger partial charge on any atom is -0.492 e. The summed E-state index contributed by atoms with van der Waals surface area (Å²) in [5.41, 5.74) is 2.75. The molecule has 9 nitrogen and oxygen atoms in total. The number of ether oxygens (including phenoxy) is 3. The Labute approximate surface area is 307 Å². The number of rotatable bonds is 20. The van der Waals surface area contributed by atoms with Crippen LogP contribution in [0.5, 0.6) is 23.0 Å². The Morgan fingerprint density at radius 3 is 2.13 bits per heavy atom. The van der Waals surface area contributed by atoms with Crippen LogP contribution in [0, 0.1) is 0 Å². The Balaban J connectivity index is 1.25. The molecule has 0 saturated heterocycles. The lowest BCUT2D eigenvalue weighted by atomic mass is 9.99. The highest BCUT2D eigenvalue weighted by atomic mass is 32.2. The zero-order valence-corrected chi connectivity index (χ0v) is 31.0. The van der Waals surface area contributed by atoms with Crippen LogP contribution in [0.1, 0.15) is 31.7 Å². The van der Waals surface area contributed by atoms with Crippen LogP contribution < -0.4 is 14.2 Å². The van der Waals surface area contributed by atoms with Crippen molar-refractivity contribution >= 4 is 26.6 Å². The van der Waals surface area contributed by atoms with Crippen LogP contribution in [0.25, 0.3) is 21.9 Å². The average molecular weight is 725 g/mol. The SMILES string of the molecule is CCN(CCCCCN(C)CC(=O)O)CCOc1ccc(Oc2c(-c3ccc(S(C)(=O)=O)cc3)ccc3cc(OCc4ccccc4)ccc23)cc1. The van der Waals surface area contributed by atoms with Gasteiger partial charge in [0, 0.05) is 23.8 Å². The Bertz CT molecular complexity index is 2000. The zero-order chi connectivity index (χ0) is 36.9. The van der Waals surface area contributed by atoms with Gasteiger partial charge < -0.3 is 24.2 Å². The molecule has 0 saturated carbocycles. The van der Waals surface area contributed by atoms with Crippen LogP contribution in [-0.2, 0) is 21.2 Å². The van der Waals surface area contributed by atoms with E-state index >= 15 is 0 Å². The number of hydrogen-bond donors (Lipinski definition) is 1. The Morgan fingerprint density at radius 1 is 0.750 bits per heavy atom. The first kappa shape index (κ1) is 38.3. The van der Waals surface area contributed by atoms with Crippen molar-refractivity contribution in [3.8, 4) is 34.1 Å². The third-order valence-electron chi connectivity index (χ3n) is 8.87. The monoisotopic (exact) mass is 724 g/mol. The predicted molar refractivity (Wildman–Crippen MR) is 206 cm³/mol. The molecule has 0 aliphatic rings. The second-order valence-electron chi connectivity index (χ2n) is 12.9. The molecule has 10 heteroatoms. The van der Waals surface area contributed by atoms with Crippen molar-refractivity contribution in [2.24, 2.45) is 0 Å². The quantitative estimate of drug-likeness (QED) is 0.0796. The fourth-order valence-corrected chi connectivity index (χ4v) is 6.61. The van der Waals surface area contributed by atoms with Gasteiger partial charge in [-0.05, 0) is 117 Å². The van der Waals surface area contributed by atoms with Gasteiger partial charge >= 0.3 is 5.97 Å². The number of carboxylic acids is 1. The maximum atomic E-state index is 12.1. The molecule has 5 aromatic carbocycles. The molecule has 0 radical (unpaired) electrons. The lowest BCUT2D eigenvalue weighted by Gasteiger charge is -2.21. The zero-order valence-electron chi connectivity index (χ0n) is 30.2. The van der Waals surface area contributed by atoms with Crippen LogP contribution in [0.2, 0.25) is 0 Å². The first-order chi connectivity index (χ1) is 25.1. The largest absolute Gasteiger partial charge is 0.492 e. The number of hydrogen-bond acceptors (Lipinski definition) is 8. The summed E-state index contributed by atoms with van der Waals surface area (Å²) in [6.45, 7) is 6.73. The summed E-state index contributed by atoms with van der Waals surface area (Å²) in [7, 11) is -1.49. The van der Waals surface area contributed by atoms with E-state index < -0.39 is 15.8 Å². The summed E-state index contributed by atoms with van der Waals surface area (Å²) in [6.07, 6.45) is 4.29. The maximum Gasteiger partial charge on any atom is 0.317 e. The van der Waals surface area contributed by atoms with Crippen molar-refractivity contribution in [1.29, 1.82) is 0 Å². The van der Waals surface area contributed by atoms with Crippen LogP contribution in [0.3, 0.4) is 0 Å². The molecule has 0 heterocycles. The first-order valence-corrected chi connectivity index (χ1v) is 19.6. The number of sulfone groups is 1. The van der Waals surface area contributed by atoms with Gasteiger partial charge in [-0.3, -0.25) is 9.69 Å². The standard InChI is InChI=1S/C42H48N2O7S/c1-4-44(26-10-6-9-25-43(2)30-41(45)46)27-28-49-35-16-18-36(19-17-35)51-42-39(33-13-21-38(22-14-33)52(3,47)48)23-15-34-29-37(20-24-40(34)42)50-31-32-11-7-5-8-12-32/h5,7-8,11-24,29H,4,6,9-10,25-28,30-31H2,1-3H3,(H,45,46). The number of aliphatic carboxylic acids is 1. The molecule has 0 spiro atoms. The molecule has 0 amide bonds. The molecule has 52 heavy (non-hydrogen) atoms. The molecule has 274 valence electrons. The number of likely N-dealkylation sites (N-methyl/N-ethyl adjacent to an activating group) is 2. The van der Waals surface area contributed by atoms with E-state index in [2.05, 4.69) is 11.8 Å². The Morgan fingerprint density at radius 2 is 1.44 bits per heavy atom. The number of benzene rings is 5. The summed E-state index contributed by atoms with van der Waals surface area (Å²) >= 11 is 0. The minimum atomic E-state index is -3.33. The maximum absolute atomic E-state index is 12.1. The highest BCUT2D eigenvalue weighted by Gasteiger charge is 2.15. The van der Waals surface area contributed by atoms with E-state index in [1.165, 1.54) is 6.26 Å². The molecule has 5 aromatic rings. The van der Waals surface area contributed by atoms with Crippen molar-refractivity contribution in [1.82, 2.24) is 9.80 Å². The van der Waals surface area contributed by atoms with Crippen molar-refractivity contribution in [2.45, 2.75) is 37.7 Å². The number of nitrogens with zero attached hydrogens (tertiary/aromatic N) is 2. The van der Waals surface area contributed by atoms with Crippen LogP contribution in [0.15, 0.2) is 114 Å². The number of carboxylic acid groups (broad SMARTS) is 1. The van der Waals surface area contributed by atoms with Crippen LogP contribution in [0.4, 0.5) is 0 Å². The molecule has 0 fully saturated rings. The molecule has 5 rings (SSSR count). The molecule has 0 bridgehead atoms. The Kier molecular flexibility index (Phi) is 13.7. The fraction of sp³-hybridized carbons (Fsp3) is 0.310. The smallest absolute Gasteiger partial charge is 0.317 e. The van der Waals surface area contributed by atoms with Gasteiger partial charge in [0.2, 0.25) is 0 Å². The normalized spacial score (nSPS) is 11.6. The van der Waals surface area contributed by atoms with E-state index in [4.69, 9.17) is 19.3 Å². The van der Waals surface area contributed by atoms with Gasteiger partial charge in [-0.15, -0.1) is 0 Å². The van der Waals surface area contributed by atoms with E-state index in [9.17, 15) is 13.2 Å². The third kappa shape index (κ3) is 11.3. The predicted octanol–water partition coefficient (Wildman–Crippen LogP) is 8.17. The Hall–Kier alpha value is -4.90. The summed E-state index contributed by atoms with van der Waals surface area (Å²) in [5.74, 6) is 2.00. The molecule has 0 aliphatic carbocycles. The lowest BCUT2D eigenvalue weighted by Crippen LogP contribution is -2.29. The van der Waals surface area contributed by atoms with Crippen molar-refractivity contribution in [3.05, 3.63) is 115 Å². The fourth-order valence-electron chi connectivity index (χ4n) is 5.98. The van der Waals surface area contributed by atoms with Crippen molar-refractivity contribution in [3.63, 3.8) is 0 Å². The number of carbonyl (C=O) groups is 1. The molecule has 1 N–H and O–H groups in total. The second-order valence-corrected chi connectivity index (χ2v) is 15.0. The number of unbranched alkanes of at least 4 members (excludes halogenated alkanes) is 2. The molecular weight excluding hydrogens is 677 g/mol. The molecule has 0 unspecified atom stereocenters. The summed E-state index contributed by atoms with van der Waals surface area (Å²) in [5, 5.41) is 10.7. The minimum absolute atomic E-state index is 0.0750. The van der Waals surface area contributed by atoms with Crippen LogP contribution >= 0.6 is 0 Å². The molecule has 0 aliphatic heterocycles. The highest BCUT2D eigenvalue weighted by Crippen LogP contribution is 2.41. The average Bonchev–Trinajstić information content (AvgIpc) is 3.13. The van der Waals surface area contributed by atoms with E-state index in [0.29, 0.717) is 24.7 Å². The van der Waals surface area contributed by atoms with E-state index in [1.54, 1.807) is 24.3 Å². The third-order valence-corrected chi connectivity index (χ3v) is 10.00. The van der Waals surface area contributed by atoms with Gasteiger partial charge in [-0.25, -0.2) is 8.42 Å². The van der Waals surface area contributed by atoms with E-state index in [0.717, 1.165) is 84.4 Å². The lowest BCUT2D eigenvalue weighted by molar-refractivity contribution is -0.138. The van der Waals surface area contributed by atoms with Gasteiger partial charge in [0.25, 0.3) is 0 Å². The molecule has 0 atom stereocenters. The van der Waals surface area contributed by atoms with Gasteiger partial charge in [0.05, 0.1) is 11.4 Å². The van der Waals surface area contributed by atoms with Gasteiger partial charge in [0.1, 0.15) is 36.2 Å². The topological polar surface area (TPSA) is 106 Å². The second kappa shape index (κ2) is 18.5.